The average molecular weight is 383 g/mol. The van der Waals surface area contributed by atoms with Gasteiger partial charge in [-0.05, 0) is 12.3 Å². The van der Waals surface area contributed by atoms with Gasteiger partial charge in [-0.3, -0.25) is 0 Å². The summed E-state index contributed by atoms with van der Waals surface area (Å²) in [5.74, 6) is 5.66. The van der Waals surface area contributed by atoms with Crippen LogP contribution in [0.15, 0.2) is 10.1 Å². The third-order valence-electron chi connectivity index (χ3n) is 3.59. The van der Waals surface area contributed by atoms with Crippen molar-refractivity contribution in [3.63, 3.8) is 0 Å². The molecule has 7 heteroatoms. The van der Waals surface area contributed by atoms with E-state index in [-0.39, 0.29) is 16.0 Å². The maximum atomic E-state index is 6.58. The predicted molar refractivity (Wildman–Crippen MR) is 82.7 cm³/mol. The Kier molecular flexibility index (Phi) is 4.59. The summed E-state index contributed by atoms with van der Waals surface area (Å²) in [6, 6.07) is 0. The van der Waals surface area contributed by atoms with E-state index in [0.717, 1.165) is 0 Å². The van der Waals surface area contributed by atoms with E-state index in [2.05, 4.69) is 11.8 Å². The van der Waals surface area contributed by atoms with E-state index in [9.17, 15) is 0 Å². The summed E-state index contributed by atoms with van der Waals surface area (Å²) in [7, 11) is 1.57. The molecule has 0 amide bonds. The molecule has 0 aliphatic heterocycles. The molecule has 2 rings (SSSR count). The minimum atomic E-state index is -1.45. The fourth-order valence-electron chi connectivity index (χ4n) is 2.56. The highest BCUT2D eigenvalue weighted by Crippen LogP contribution is 2.74. The number of hydrogen-bond donors (Lipinski definition) is 0. The molecule has 0 saturated heterocycles. The van der Waals surface area contributed by atoms with Crippen LogP contribution in [-0.2, 0) is 4.74 Å². The number of halogens is 6. The van der Waals surface area contributed by atoms with Crippen molar-refractivity contribution in [3.05, 3.63) is 10.1 Å². The molecule has 1 fully saturated rings. The van der Waals surface area contributed by atoms with Crippen molar-refractivity contribution in [2.45, 2.75) is 26.9 Å². The van der Waals surface area contributed by atoms with Gasteiger partial charge >= 0.3 is 0 Å². The first kappa shape index (κ1) is 16.4. The van der Waals surface area contributed by atoms with Gasteiger partial charge in [0.2, 0.25) is 0 Å². The quantitative estimate of drug-likeness (QED) is 0.488. The van der Waals surface area contributed by atoms with E-state index in [1.165, 1.54) is 0 Å². The van der Waals surface area contributed by atoms with E-state index in [4.69, 9.17) is 74.3 Å². The molecule has 0 aromatic carbocycles. The monoisotopic (exact) mass is 380 g/mol. The summed E-state index contributed by atoms with van der Waals surface area (Å²) >= 11 is 38.1. The Hall–Kier alpha value is 1.00. The SMILES string of the molecule is COCC#CC[C@@H]1C[C@]2(Cl)C(Cl)=C(Cl)[C@@]1(Cl)C2(Cl)Cl. The number of fused-ring (bicyclic) bond motifs is 2. The molecule has 0 unspecified atom stereocenters. The van der Waals surface area contributed by atoms with E-state index >= 15 is 0 Å². The maximum absolute atomic E-state index is 6.58. The van der Waals surface area contributed by atoms with Crippen LogP contribution in [0.1, 0.15) is 12.8 Å². The Labute approximate surface area is 142 Å². The Morgan fingerprint density at radius 2 is 1.79 bits per heavy atom. The van der Waals surface area contributed by atoms with Crippen molar-refractivity contribution >= 4 is 69.6 Å². The third kappa shape index (κ3) is 2.03. The average Bonchev–Trinajstić information content (AvgIpc) is 2.57. The number of ether oxygens (including phenoxy) is 1. The fourth-order valence-corrected chi connectivity index (χ4v) is 5.41. The molecule has 0 aromatic heterocycles. The molecule has 0 heterocycles. The zero-order valence-electron chi connectivity index (χ0n) is 9.87. The maximum Gasteiger partial charge on any atom is 0.166 e. The van der Waals surface area contributed by atoms with Gasteiger partial charge in [-0.15, -0.1) is 29.1 Å². The first-order chi connectivity index (χ1) is 8.73. The van der Waals surface area contributed by atoms with Crippen LogP contribution in [0, 0.1) is 17.8 Å². The van der Waals surface area contributed by atoms with Gasteiger partial charge in [-0.1, -0.05) is 52.3 Å². The lowest BCUT2D eigenvalue weighted by Crippen LogP contribution is -2.44. The number of alkyl halides is 4. The Balaban J connectivity index is 2.32. The fraction of sp³-hybridized carbons (Fsp3) is 0.667. The Morgan fingerprint density at radius 3 is 2.26 bits per heavy atom. The topological polar surface area (TPSA) is 9.23 Å². The van der Waals surface area contributed by atoms with Crippen LogP contribution in [0.2, 0.25) is 0 Å². The van der Waals surface area contributed by atoms with Gasteiger partial charge in [0.1, 0.15) is 16.4 Å². The van der Waals surface area contributed by atoms with E-state index in [1.54, 1.807) is 7.11 Å². The van der Waals surface area contributed by atoms with Gasteiger partial charge in [-0.2, -0.15) is 0 Å². The summed E-state index contributed by atoms with van der Waals surface area (Å²) in [4.78, 5) is -2.34. The van der Waals surface area contributed by atoms with Gasteiger partial charge in [0.05, 0.1) is 10.1 Å². The number of methoxy groups -OCH3 is 1. The third-order valence-corrected chi connectivity index (χ3v) is 7.92. The van der Waals surface area contributed by atoms with Crippen molar-refractivity contribution in [2.75, 3.05) is 13.7 Å². The van der Waals surface area contributed by atoms with Crippen molar-refractivity contribution < 1.29 is 4.74 Å². The van der Waals surface area contributed by atoms with Crippen LogP contribution in [0.4, 0.5) is 0 Å². The van der Waals surface area contributed by atoms with Gasteiger partial charge in [-0.25, -0.2) is 0 Å². The molecule has 3 atom stereocenters. The second kappa shape index (κ2) is 5.33. The second-order valence-electron chi connectivity index (χ2n) is 4.61. The van der Waals surface area contributed by atoms with Gasteiger partial charge in [0, 0.05) is 13.5 Å². The van der Waals surface area contributed by atoms with Crippen LogP contribution in [0.3, 0.4) is 0 Å². The molecule has 2 aliphatic carbocycles. The first-order valence-electron chi connectivity index (χ1n) is 5.50. The molecule has 1 nitrogen and oxygen atoms in total. The van der Waals surface area contributed by atoms with Gasteiger partial charge < -0.3 is 4.74 Å². The zero-order chi connectivity index (χ0) is 14.5. The van der Waals surface area contributed by atoms with E-state index in [1.807, 2.05) is 0 Å². The minimum absolute atomic E-state index is 0.166. The lowest BCUT2D eigenvalue weighted by Gasteiger charge is -2.33. The summed E-state index contributed by atoms with van der Waals surface area (Å²) in [6.45, 7) is 0.352. The van der Waals surface area contributed by atoms with Crippen molar-refractivity contribution in [1.29, 1.82) is 0 Å². The molecule has 0 spiro atoms. The highest BCUT2D eigenvalue weighted by molar-refractivity contribution is 6.65. The van der Waals surface area contributed by atoms with Crippen LogP contribution in [-0.4, -0.2) is 27.8 Å². The Bertz CT molecular complexity index is 490. The van der Waals surface area contributed by atoms with E-state index < -0.39 is 14.1 Å². The first-order valence-corrected chi connectivity index (χ1v) is 7.76. The molecule has 19 heavy (non-hydrogen) atoms. The summed E-state index contributed by atoms with van der Waals surface area (Å²) < 4.78 is 3.40. The molecule has 1 saturated carbocycles. The lowest BCUT2D eigenvalue weighted by atomic mass is 9.89. The van der Waals surface area contributed by atoms with Crippen LogP contribution in [0.5, 0.6) is 0 Å². The van der Waals surface area contributed by atoms with Gasteiger partial charge in [0.25, 0.3) is 0 Å². The Morgan fingerprint density at radius 1 is 1.16 bits per heavy atom. The minimum Gasteiger partial charge on any atom is -0.372 e. The van der Waals surface area contributed by atoms with E-state index in [0.29, 0.717) is 19.4 Å². The largest absolute Gasteiger partial charge is 0.372 e. The lowest BCUT2D eigenvalue weighted by molar-refractivity contribution is 0.239. The van der Waals surface area contributed by atoms with Crippen molar-refractivity contribution in [3.8, 4) is 11.8 Å². The van der Waals surface area contributed by atoms with Crippen LogP contribution in [0.25, 0.3) is 0 Å². The number of hydrogen-bond acceptors (Lipinski definition) is 1. The van der Waals surface area contributed by atoms with Gasteiger partial charge in [0.15, 0.2) is 4.33 Å². The zero-order valence-corrected chi connectivity index (χ0v) is 14.4. The molecule has 0 aromatic rings. The summed E-state index contributed by atoms with van der Waals surface area (Å²) in [5.41, 5.74) is 0. The molecule has 0 N–H and O–H groups in total. The van der Waals surface area contributed by atoms with Crippen molar-refractivity contribution in [1.82, 2.24) is 0 Å². The molecular formula is C12H10Cl6O. The highest BCUT2D eigenvalue weighted by atomic mass is 35.5. The van der Waals surface area contributed by atoms with Crippen molar-refractivity contribution in [2.24, 2.45) is 5.92 Å². The normalized spacial score (nSPS) is 39.4. The summed E-state index contributed by atoms with van der Waals surface area (Å²) in [6.07, 6.45) is 0.907. The molecule has 2 bridgehead atoms. The summed E-state index contributed by atoms with van der Waals surface area (Å²) in [5, 5.41) is 0.456. The number of allylic oxidation sites excluding steroid dienone is 2. The predicted octanol–water partition coefficient (Wildman–Crippen LogP) is 4.88. The van der Waals surface area contributed by atoms with Crippen LogP contribution < -0.4 is 0 Å². The molecular weight excluding hydrogens is 373 g/mol. The standard InChI is InChI=1S/C12H10Cl6O/c1-19-5-3-2-4-7-6-10(15)8(13)9(14)11(7,16)12(10,17)18/h7H,4-6H2,1H3/t7-,10+,11-/m1/s1. The molecule has 2 aliphatic rings. The molecule has 106 valence electrons. The second-order valence-corrected chi connectivity index (χ2v) is 7.93. The molecule has 0 radical (unpaired) electrons. The highest BCUT2D eigenvalue weighted by Gasteiger charge is 2.77. The van der Waals surface area contributed by atoms with Crippen LogP contribution >= 0.6 is 69.6 Å². The smallest absolute Gasteiger partial charge is 0.166 e. The number of rotatable bonds is 2.